The molecular formula is C27H19B2NS. The van der Waals surface area contributed by atoms with Gasteiger partial charge >= 0.3 is 6.85 Å². The Morgan fingerprint density at radius 2 is 1.52 bits per heavy atom. The van der Waals surface area contributed by atoms with Gasteiger partial charge in [0, 0.05) is 26.4 Å². The van der Waals surface area contributed by atoms with Crippen LogP contribution in [-0.4, -0.2) is 19.8 Å². The number of benzene rings is 4. The third-order valence-electron chi connectivity index (χ3n) is 7.18. The Balaban J connectivity index is 1.58. The van der Waals surface area contributed by atoms with Gasteiger partial charge in [0.25, 0.3) is 0 Å². The molecule has 7 rings (SSSR count). The van der Waals surface area contributed by atoms with Crippen LogP contribution in [0.15, 0.2) is 77.7 Å². The maximum Gasteiger partial charge on any atom is 0.343 e. The Bertz CT molecular complexity index is 1580. The van der Waals surface area contributed by atoms with Gasteiger partial charge in [0.15, 0.2) is 0 Å². The minimum atomic E-state index is 0.146. The fraction of sp³-hybridized carbons (Fsp3) is 0.0741. The molecule has 0 saturated heterocycles. The zero-order valence-corrected chi connectivity index (χ0v) is 18.3. The topological polar surface area (TPSA) is 12.4 Å². The van der Waals surface area contributed by atoms with Gasteiger partial charge in [-0.1, -0.05) is 94.1 Å². The first-order valence-corrected chi connectivity index (χ1v) is 11.7. The maximum atomic E-state index is 4.90. The number of thiophene rings is 1. The lowest BCUT2D eigenvalue weighted by Crippen LogP contribution is -2.72. The molecule has 0 N–H and O–H groups in total. The van der Waals surface area contributed by atoms with Gasteiger partial charge in [0.05, 0.1) is 0 Å². The van der Waals surface area contributed by atoms with Crippen molar-refractivity contribution in [1.29, 1.82) is 0 Å². The Morgan fingerprint density at radius 3 is 2.42 bits per heavy atom. The van der Waals surface area contributed by atoms with Crippen LogP contribution in [-0.2, 0) is 0 Å². The average Bonchev–Trinajstić information content (AvgIpc) is 3.39. The van der Waals surface area contributed by atoms with Crippen LogP contribution in [0.4, 0.5) is 0 Å². The largest absolute Gasteiger partial charge is 0.343 e. The molecule has 5 aromatic rings. The number of fused-ring (bicyclic) bond motifs is 5. The molecule has 31 heavy (non-hydrogen) atoms. The molecule has 0 bridgehead atoms. The van der Waals surface area contributed by atoms with Crippen LogP contribution in [0.2, 0.25) is 0 Å². The fourth-order valence-electron chi connectivity index (χ4n) is 5.89. The van der Waals surface area contributed by atoms with Crippen LogP contribution < -0.4 is 27.3 Å². The van der Waals surface area contributed by atoms with E-state index < -0.39 is 0 Å². The standard InChI is InChI=1S/C27H19B2NS/c1-16-14-20-19-9-3-6-13-24(19)31-27(20)17(2)25(16)28-21-10-4-5-11-22(21)29-26-18(15-30-29)8-7-12-23(26)28/h3-15H,1-2H3. The van der Waals surface area contributed by atoms with Crippen molar-refractivity contribution in [3.05, 3.63) is 89.5 Å². The molecule has 2 aliphatic heterocycles. The minimum Gasteiger partial charge on any atom is -0.336 e. The molecule has 0 aliphatic carbocycles. The highest BCUT2D eigenvalue weighted by Crippen LogP contribution is 2.36. The normalized spacial score (nSPS) is 13.9. The highest BCUT2D eigenvalue weighted by Gasteiger charge is 2.41. The van der Waals surface area contributed by atoms with E-state index in [9.17, 15) is 0 Å². The molecule has 0 atom stereocenters. The SMILES string of the molecule is Cc1cc2c(sc3ccccc32)c(C)c1B1c2ccccc2B2N=Cc3cccc1c32. The number of aryl methyl sites for hydroxylation is 2. The van der Waals surface area contributed by atoms with Gasteiger partial charge in [-0.3, -0.25) is 0 Å². The lowest BCUT2D eigenvalue weighted by atomic mass is 9.25. The quantitative estimate of drug-likeness (QED) is 0.376. The van der Waals surface area contributed by atoms with E-state index in [0.717, 1.165) is 0 Å². The molecule has 4 heteroatoms. The summed E-state index contributed by atoms with van der Waals surface area (Å²) in [6.45, 7) is 5.02. The molecular weight excluding hydrogens is 392 g/mol. The Kier molecular flexibility index (Phi) is 3.52. The first-order valence-electron chi connectivity index (χ1n) is 10.9. The zero-order valence-electron chi connectivity index (χ0n) is 17.5. The molecule has 2 aliphatic rings. The molecule has 3 heterocycles. The highest BCUT2D eigenvalue weighted by atomic mass is 32.1. The predicted molar refractivity (Wildman–Crippen MR) is 139 cm³/mol. The maximum absolute atomic E-state index is 4.90. The molecule has 4 aromatic carbocycles. The van der Waals surface area contributed by atoms with Crippen LogP contribution >= 0.6 is 11.3 Å². The summed E-state index contributed by atoms with van der Waals surface area (Å²) in [4.78, 5) is 4.90. The average molecular weight is 411 g/mol. The van der Waals surface area contributed by atoms with Crippen molar-refractivity contribution in [3.8, 4) is 0 Å². The predicted octanol–water partition coefficient (Wildman–Crippen LogP) is 3.04. The fourth-order valence-corrected chi connectivity index (χ4v) is 7.09. The molecule has 144 valence electrons. The smallest absolute Gasteiger partial charge is 0.336 e. The Morgan fingerprint density at radius 1 is 0.742 bits per heavy atom. The van der Waals surface area contributed by atoms with E-state index in [2.05, 4.69) is 92.9 Å². The van der Waals surface area contributed by atoms with Crippen molar-refractivity contribution in [2.75, 3.05) is 0 Å². The van der Waals surface area contributed by atoms with Crippen LogP contribution in [0.3, 0.4) is 0 Å². The lowest BCUT2D eigenvalue weighted by Gasteiger charge is -2.30. The van der Waals surface area contributed by atoms with Crippen LogP contribution in [0.25, 0.3) is 20.2 Å². The van der Waals surface area contributed by atoms with Crippen molar-refractivity contribution in [2.24, 2.45) is 4.90 Å². The monoisotopic (exact) mass is 411 g/mol. The summed E-state index contributed by atoms with van der Waals surface area (Å²) in [5.74, 6) is 0. The molecule has 0 spiro atoms. The molecule has 0 saturated carbocycles. The van der Waals surface area contributed by atoms with Crippen molar-refractivity contribution in [2.45, 2.75) is 13.8 Å². The molecule has 0 unspecified atom stereocenters. The van der Waals surface area contributed by atoms with Gasteiger partial charge in [-0.15, -0.1) is 11.3 Å². The van der Waals surface area contributed by atoms with E-state index in [0.29, 0.717) is 0 Å². The van der Waals surface area contributed by atoms with Crippen molar-refractivity contribution < 1.29 is 0 Å². The highest BCUT2D eigenvalue weighted by molar-refractivity contribution is 7.26. The molecule has 1 nitrogen and oxygen atoms in total. The van der Waals surface area contributed by atoms with E-state index in [1.165, 1.54) is 64.2 Å². The van der Waals surface area contributed by atoms with E-state index in [-0.39, 0.29) is 13.6 Å². The summed E-state index contributed by atoms with van der Waals surface area (Å²) >= 11 is 1.93. The van der Waals surface area contributed by atoms with E-state index in [4.69, 9.17) is 4.90 Å². The van der Waals surface area contributed by atoms with Gasteiger partial charge in [0.2, 0.25) is 6.71 Å². The number of nitrogens with zero attached hydrogens (tertiary/aromatic N) is 1. The summed E-state index contributed by atoms with van der Waals surface area (Å²) < 4.78 is 2.79. The van der Waals surface area contributed by atoms with E-state index in [1.807, 2.05) is 11.3 Å². The molecule has 1 aromatic heterocycles. The third kappa shape index (κ3) is 2.26. The molecule has 0 fully saturated rings. The summed E-state index contributed by atoms with van der Waals surface area (Å²) in [5, 5.41) is 2.77. The van der Waals surface area contributed by atoms with E-state index in [1.54, 1.807) is 0 Å². The summed E-state index contributed by atoms with van der Waals surface area (Å²) in [6.07, 6.45) is 2.07. The van der Waals surface area contributed by atoms with Gasteiger partial charge in [-0.2, -0.15) is 0 Å². The van der Waals surface area contributed by atoms with Gasteiger partial charge in [-0.05, 0) is 36.5 Å². The molecule has 0 amide bonds. The molecule has 0 radical (unpaired) electrons. The van der Waals surface area contributed by atoms with Crippen molar-refractivity contribution in [3.63, 3.8) is 0 Å². The van der Waals surface area contributed by atoms with Gasteiger partial charge in [0.1, 0.15) is 0 Å². The third-order valence-corrected chi connectivity index (χ3v) is 8.48. The second kappa shape index (κ2) is 6.21. The summed E-state index contributed by atoms with van der Waals surface area (Å²) in [6, 6.07) is 26.9. The van der Waals surface area contributed by atoms with Crippen molar-refractivity contribution >= 4 is 78.6 Å². The van der Waals surface area contributed by atoms with E-state index >= 15 is 0 Å². The minimum absolute atomic E-state index is 0.146. The van der Waals surface area contributed by atoms with Gasteiger partial charge in [-0.25, -0.2) is 0 Å². The van der Waals surface area contributed by atoms with Crippen LogP contribution in [0.1, 0.15) is 16.7 Å². The Hall–Kier alpha value is -3.10. The van der Waals surface area contributed by atoms with Crippen LogP contribution in [0, 0.1) is 13.8 Å². The van der Waals surface area contributed by atoms with Gasteiger partial charge < -0.3 is 4.90 Å². The van der Waals surface area contributed by atoms with Crippen LogP contribution in [0.5, 0.6) is 0 Å². The first-order chi connectivity index (χ1) is 15.2. The number of hydrogen-bond acceptors (Lipinski definition) is 2. The first kappa shape index (κ1) is 17.6. The number of rotatable bonds is 1. The van der Waals surface area contributed by atoms with Crippen molar-refractivity contribution in [1.82, 2.24) is 0 Å². The summed E-state index contributed by atoms with van der Waals surface area (Å²) in [5.41, 5.74) is 11.1. The summed E-state index contributed by atoms with van der Waals surface area (Å²) in [7, 11) is 0. The number of hydrogen-bond donors (Lipinski definition) is 0. The Labute approximate surface area is 186 Å². The second-order valence-electron chi connectivity index (χ2n) is 8.80. The zero-order chi connectivity index (χ0) is 20.7. The lowest BCUT2D eigenvalue weighted by molar-refractivity contribution is 1.49. The second-order valence-corrected chi connectivity index (χ2v) is 9.85.